The molecule has 1 aromatic carbocycles. The smallest absolute Gasteiger partial charge is 0.0377 e. The highest BCUT2D eigenvalue weighted by Gasteiger charge is 2.12. The highest BCUT2D eigenvalue weighted by atomic mass is 79.9. The molecule has 0 fully saturated rings. The minimum absolute atomic E-state index is 0.198. The lowest BCUT2D eigenvalue weighted by Crippen LogP contribution is -2.30. The summed E-state index contributed by atoms with van der Waals surface area (Å²) in [5, 5.41) is 0. The van der Waals surface area contributed by atoms with Crippen LogP contribution in [0.1, 0.15) is 39.2 Å². The van der Waals surface area contributed by atoms with E-state index in [0.717, 1.165) is 10.9 Å². The van der Waals surface area contributed by atoms with E-state index in [0.29, 0.717) is 6.04 Å². The summed E-state index contributed by atoms with van der Waals surface area (Å²) < 4.78 is 1.16. The minimum Gasteiger partial charge on any atom is -0.372 e. The Balaban J connectivity index is 2.89. The van der Waals surface area contributed by atoms with Gasteiger partial charge in [-0.25, -0.2) is 0 Å². The Kier molecular flexibility index (Phi) is 6.16. The zero-order valence-corrected chi connectivity index (χ0v) is 13.5. The molecule has 1 unspecified atom stereocenters. The van der Waals surface area contributed by atoms with Crippen molar-refractivity contribution in [1.29, 1.82) is 0 Å². The van der Waals surface area contributed by atoms with Gasteiger partial charge in [0, 0.05) is 29.3 Å². The van der Waals surface area contributed by atoms with Crippen molar-refractivity contribution in [2.75, 3.05) is 11.9 Å². The summed E-state index contributed by atoms with van der Waals surface area (Å²) in [5.74, 6) is 0. The molecule has 1 atom stereocenters. The molecule has 0 aliphatic rings. The van der Waals surface area contributed by atoms with Crippen LogP contribution >= 0.6 is 15.9 Å². The van der Waals surface area contributed by atoms with Crippen molar-refractivity contribution in [3.8, 4) is 0 Å². The van der Waals surface area contributed by atoms with Crippen LogP contribution in [-0.4, -0.2) is 19.1 Å². The Bertz CT molecular complexity index is 373. The second-order valence-corrected chi connectivity index (χ2v) is 5.89. The van der Waals surface area contributed by atoms with Crippen molar-refractivity contribution in [2.45, 2.75) is 52.1 Å². The number of nitrogens with zero attached hydrogens (tertiary/aromatic N) is 1. The molecule has 2 N–H and O–H groups in total. The average molecular weight is 313 g/mol. The molecule has 102 valence electrons. The fourth-order valence-electron chi connectivity index (χ4n) is 2.32. The van der Waals surface area contributed by atoms with Gasteiger partial charge in [-0.05, 0) is 43.9 Å². The Morgan fingerprint density at radius 1 is 1.28 bits per heavy atom. The van der Waals surface area contributed by atoms with Gasteiger partial charge < -0.3 is 10.6 Å². The van der Waals surface area contributed by atoms with Gasteiger partial charge in [0.25, 0.3) is 0 Å². The van der Waals surface area contributed by atoms with Gasteiger partial charge in [-0.1, -0.05) is 35.8 Å². The molecule has 0 aliphatic heterocycles. The van der Waals surface area contributed by atoms with Crippen molar-refractivity contribution in [3.63, 3.8) is 0 Å². The molecule has 0 saturated carbocycles. The summed E-state index contributed by atoms with van der Waals surface area (Å²) in [6.07, 6.45) is 3.26. The fraction of sp³-hybridized carbons (Fsp3) is 0.600. The van der Waals surface area contributed by atoms with Gasteiger partial charge in [0.1, 0.15) is 0 Å². The molecule has 1 rings (SSSR count). The van der Waals surface area contributed by atoms with Crippen molar-refractivity contribution in [1.82, 2.24) is 0 Å². The fourth-order valence-corrected chi connectivity index (χ4v) is 2.84. The van der Waals surface area contributed by atoms with Crippen LogP contribution < -0.4 is 10.6 Å². The molecule has 0 aromatic heterocycles. The molecule has 0 spiro atoms. The van der Waals surface area contributed by atoms with E-state index in [2.05, 4.69) is 59.9 Å². The van der Waals surface area contributed by atoms with Crippen LogP contribution in [0.25, 0.3) is 0 Å². The first-order valence-corrected chi connectivity index (χ1v) is 7.55. The van der Waals surface area contributed by atoms with Crippen LogP contribution in [0.3, 0.4) is 0 Å². The molecule has 18 heavy (non-hydrogen) atoms. The standard InChI is InChI=1S/C15H25BrN2/c1-5-13(6-2)18(4)14-8-7-12(9-11(3)17)15(16)10-14/h7-8,10-11,13H,5-6,9,17H2,1-4H3. The molecule has 0 aliphatic carbocycles. The summed E-state index contributed by atoms with van der Waals surface area (Å²) in [7, 11) is 2.17. The number of anilines is 1. The molecular weight excluding hydrogens is 288 g/mol. The van der Waals surface area contributed by atoms with Gasteiger partial charge in [-0.15, -0.1) is 0 Å². The zero-order chi connectivity index (χ0) is 13.7. The van der Waals surface area contributed by atoms with Crippen molar-refractivity contribution < 1.29 is 0 Å². The minimum atomic E-state index is 0.198. The molecule has 3 heteroatoms. The van der Waals surface area contributed by atoms with E-state index in [-0.39, 0.29) is 6.04 Å². The third-order valence-electron chi connectivity index (χ3n) is 3.48. The van der Waals surface area contributed by atoms with Crippen LogP contribution in [0.15, 0.2) is 22.7 Å². The molecule has 0 saturated heterocycles. The summed E-state index contributed by atoms with van der Waals surface area (Å²) in [6.45, 7) is 6.52. The molecule has 0 bridgehead atoms. The molecular formula is C15H25BrN2. The predicted octanol–water partition coefficient (Wildman–Crippen LogP) is 3.96. The van der Waals surface area contributed by atoms with Gasteiger partial charge in [-0.3, -0.25) is 0 Å². The second-order valence-electron chi connectivity index (χ2n) is 5.04. The maximum atomic E-state index is 5.85. The number of benzene rings is 1. The first kappa shape index (κ1) is 15.5. The molecule has 0 heterocycles. The lowest BCUT2D eigenvalue weighted by Gasteiger charge is -2.29. The number of hydrogen-bond acceptors (Lipinski definition) is 2. The third kappa shape index (κ3) is 3.99. The van der Waals surface area contributed by atoms with E-state index in [4.69, 9.17) is 5.73 Å². The van der Waals surface area contributed by atoms with Crippen molar-refractivity contribution in [2.24, 2.45) is 5.73 Å². The zero-order valence-electron chi connectivity index (χ0n) is 11.9. The Morgan fingerprint density at radius 3 is 2.33 bits per heavy atom. The third-order valence-corrected chi connectivity index (χ3v) is 4.21. The largest absolute Gasteiger partial charge is 0.372 e. The van der Waals surface area contributed by atoms with E-state index < -0.39 is 0 Å². The van der Waals surface area contributed by atoms with Gasteiger partial charge in [0.05, 0.1) is 0 Å². The second kappa shape index (κ2) is 7.15. The van der Waals surface area contributed by atoms with Crippen LogP contribution in [0.4, 0.5) is 5.69 Å². The number of hydrogen-bond donors (Lipinski definition) is 1. The topological polar surface area (TPSA) is 29.3 Å². The molecule has 0 radical (unpaired) electrons. The van der Waals surface area contributed by atoms with E-state index in [1.165, 1.54) is 24.1 Å². The van der Waals surface area contributed by atoms with Crippen LogP contribution in [0, 0.1) is 0 Å². The SMILES string of the molecule is CCC(CC)N(C)c1ccc(CC(C)N)c(Br)c1. The van der Waals surface area contributed by atoms with Crippen LogP contribution in [-0.2, 0) is 6.42 Å². The first-order chi connectivity index (χ1) is 8.49. The number of nitrogens with two attached hydrogens (primary N) is 1. The summed E-state index contributed by atoms with van der Waals surface area (Å²) in [6, 6.07) is 7.39. The molecule has 2 nitrogen and oxygen atoms in total. The van der Waals surface area contributed by atoms with Crippen LogP contribution in [0.2, 0.25) is 0 Å². The van der Waals surface area contributed by atoms with Crippen molar-refractivity contribution >= 4 is 21.6 Å². The maximum Gasteiger partial charge on any atom is 0.0377 e. The highest BCUT2D eigenvalue weighted by molar-refractivity contribution is 9.10. The van der Waals surface area contributed by atoms with E-state index in [1.807, 2.05) is 6.92 Å². The lowest BCUT2D eigenvalue weighted by atomic mass is 10.1. The van der Waals surface area contributed by atoms with Crippen LogP contribution in [0.5, 0.6) is 0 Å². The van der Waals surface area contributed by atoms with E-state index in [1.54, 1.807) is 0 Å². The summed E-state index contributed by atoms with van der Waals surface area (Å²) in [4.78, 5) is 2.36. The monoisotopic (exact) mass is 312 g/mol. The Labute approximate surface area is 120 Å². The number of halogens is 1. The van der Waals surface area contributed by atoms with E-state index >= 15 is 0 Å². The van der Waals surface area contributed by atoms with Gasteiger partial charge in [-0.2, -0.15) is 0 Å². The van der Waals surface area contributed by atoms with Gasteiger partial charge in [0.2, 0.25) is 0 Å². The Hall–Kier alpha value is -0.540. The number of rotatable bonds is 6. The van der Waals surface area contributed by atoms with Gasteiger partial charge in [0.15, 0.2) is 0 Å². The first-order valence-electron chi connectivity index (χ1n) is 6.76. The Morgan fingerprint density at radius 2 is 1.89 bits per heavy atom. The summed E-state index contributed by atoms with van der Waals surface area (Å²) in [5.41, 5.74) is 8.40. The quantitative estimate of drug-likeness (QED) is 0.861. The molecule has 0 amide bonds. The predicted molar refractivity (Wildman–Crippen MR) is 84.3 cm³/mol. The lowest BCUT2D eigenvalue weighted by molar-refractivity contribution is 0.591. The van der Waals surface area contributed by atoms with E-state index in [9.17, 15) is 0 Å². The maximum absolute atomic E-state index is 5.85. The normalized spacial score (nSPS) is 12.8. The van der Waals surface area contributed by atoms with Gasteiger partial charge >= 0.3 is 0 Å². The highest BCUT2D eigenvalue weighted by Crippen LogP contribution is 2.26. The molecule has 1 aromatic rings. The average Bonchev–Trinajstić information content (AvgIpc) is 2.32. The summed E-state index contributed by atoms with van der Waals surface area (Å²) >= 11 is 3.65. The van der Waals surface area contributed by atoms with Crippen molar-refractivity contribution in [3.05, 3.63) is 28.2 Å².